The minimum Gasteiger partial charge on any atom is -0.457 e. The number of anilines is 2. The molecule has 1 aromatic rings. The van der Waals surface area contributed by atoms with Crippen LogP contribution in [-0.4, -0.2) is 42.1 Å². The number of rotatable bonds is 4. The minimum absolute atomic E-state index is 0. The number of fused-ring (bicyclic) bond motifs is 2. The van der Waals surface area contributed by atoms with E-state index in [0.717, 1.165) is 0 Å². The molecule has 4 aliphatic rings. The first-order chi connectivity index (χ1) is 16.8. The van der Waals surface area contributed by atoms with Crippen LogP contribution in [0, 0.1) is 35.5 Å². The zero-order valence-corrected chi connectivity index (χ0v) is 19.0. The molecule has 0 aromatic heterocycles. The third-order valence-electron chi connectivity index (χ3n) is 7.74. The maximum Gasteiger partial charge on any atom is 0.317 e. The number of cyclic esters (lactones) is 3. The number of nitrogens with one attached hydrogen (secondary N) is 2. The van der Waals surface area contributed by atoms with Crippen LogP contribution >= 0.6 is 0 Å². The minimum atomic E-state index is -0.547. The average molecular weight is 487 g/mol. The lowest BCUT2D eigenvalue weighted by molar-refractivity contribution is -0.166. The number of amides is 2. The first kappa shape index (κ1) is 23.2. The van der Waals surface area contributed by atoms with E-state index < -0.39 is 35.6 Å². The van der Waals surface area contributed by atoms with Crippen molar-refractivity contribution < 1.29 is 41.1 Å². The first-order valence-corrected chi connectivity index (χ1v) is 12.0. The van der Waals surface area contributed by atoms with E-state index in [0.29, 0.717) is 49.9 Å². The molecule has 0 bridgehead atoms. The Kier molecular flexibility index (Phi) is 6.12. The number of carbonyl (C=O) groups is 6. The fraction of sp³-hybridized carbons (Fsp3) is 0.520. The first-order valence-electron chi connectivity index (χ1n) is 12.0. The monoisotopic (exact) mass is 486 g/mol. The summed E-state index contributed by atoms with van der Waals surface area (Å²) in [5.41, 5.74) is 1.10. The number of Topliss-reactive ketones (excluding diaryl/α,β-unsaturated/α-hetero) is 1. The van der Waals surface area contributed by atoms with Gasteiger partial charge < -0.3 is 20.1 Å². The topological polar surface area (TPSA) is 145 Å². The Hall–Kier alpha value is -3.56. The van der Waals surface area contributed by atoms with Gasteiger partial charge in [0.1, 0.15) is 6.61 Å². The van der Waals surface area contributed by atoms with Crippen LogP contribution in [0.1, 0.15) is 41.4 Å². The fourth-order valence-electron chi connectivity index (χ4n) is 5.73. The summed E-state index contributed by atoms with van der Waals surface area (Å²) in [6.45, 7) is -0.216. The Morgan fingerprint density at radius 1 is 0.686 bits per heavy atom. The molecule has 4 fully saturated rings. The van der Waals surface area contributed by atoms with Crippen LogP contribution in [0.3, 0.4) is 0 Å². The highest BCUT2D eigenvalue weighted by atomic mass is 16.6. The molecule has 6 atom stereocenters. The van der Waals surface area contributed by atoms with E-state index in [-0.39, 0.29) is 44.9 Å². The van der Waals surface area contributed by atoms with Crippen molar-refractivity contribution in [2.45, 2.75) is 38.5 Å². The Morgan fingerprint density at radius 2 is 1.17 bits per heavy atom. The highest BCUT2D eigenvalue weighted by Gasteiger charge is 2.49. The molecule has 188 valence electrons. The molecule has 10 nitrogen and oxygen atoms in total. The van der Waals surface area contributed by atoms with E-state index in [4.69, 9.17) is 9.47 Å². The highest BCUT2D eigenvalue weighted by molar-refractivity contribution is 5.99. The standard InChI is InChI=1S/C25H26N2O8.2H2/c28-20-11-34-23(31)16-7-1-12(9-18(16)20)21(29)26-14-3-5-15(6-4-14)27-22(30)13-2-8-17-19(10-13)25(33)35-24(17)32;;/h3-6,12-13,16-19H,1-2,7-11H2,(H,26,29)(H,27,30);2*1H. The lowest BCUT2D eigenvalue weighted by Crippen LogP contribution is -2.45. The summed E-state index contributed by atoms with van der Waals surface area (Å²) in [4.78, 5) is 73.0. The number of benzene rings is 1. The van der Waals surface area contributed by atoms with Gasteiger partial charge in [0.05, 0.1) is 17.8 Å². The second kappa shape index (κ2) is 9.24. The third-order valence-corrected chi connectivity index (χ3v) is 7.74. The van der Waals surface area contributed by atoms with Crippen molar-refractivity contribution in [2.75, 3.05) is 17.2 Å². The Balaban J connectivity index is 0.00000190. The zero-order chi connectivity index (χ0) is 24.7. The summed E-state index contributed by atoms with van der Waals surface area (Å²) in [5, 5.41) is 5.68. The Bertz CT molecular complexity index is 1110. The van der Waals surface area contributed by atoms with Gasteiger partial charge in [0.2, 0.25) is 11.8 Å². The van der Waals surface area contributed by atoms with Crippen LogP contribution in [0.15, 0.2) is 24.3 Å². The fourth-order valence-corrected chi connectivity index (χ4v) is 5.73. The number of carbonyl (C=O) groups excluding carboxylic acids is 6. The summed E-state index contributed by atoms with van der Waals surface area (Å²) >= 11 is 0. The summed E-state index contributed by atoms with van der Waals surface area (Å²) < 4.78 is 9.60. The van der Waals surface area contributed by atoms with Gasteiger partial charge in [0.25, 0.3) is 0 Å². The van der Waals surface area contributed by atoms with Gasteiger partial charge >= 0.3 is 17.9 Å². The molecular weight excluding hydrogens is 456 g/mol. The van der Waals surface area contributed by atoms with E-state index in [1.165, 1.54) is 0 Å². The van der Waals surface area contributed by atoms with Crippen molar-refractivity contribution in [3.8, 4) is 0 Å². The molecule has 2 heterocycles. The SMILES string of the molecule is O=C(Nc1ccc(NC(=O)C2CCC3C(=O)OC(=O)C3C2)cc1)C1CCC2C(=O)OCC(=O)C2C1.[HH].[HH]. The summed E-state index contributed by atoms with van der Waals surface area (Å²) in [7, 11) is 0. The van der Waals surface area contributed by atoms with Crippen molar-refractivity contribution in [3.63, 3.8) is 0 Å². The van der Waals surface area contributed by atoms with E-state index >= 15 is 0 Å². The van der Waals surface area contributed by atoms with Crippen molar-refractivity contribution in [1.29, 1.82) is 0 Å². The van der Waals surface area contributed by atoms with Gasteiger partial charge in [-0.15, -0.1) is 0 Å². The van der Waals surface area contributed by atoms with Gasteiger partial charge in [0.15, 0.2) is 5.78 Å². The van der Waals surface area contributed by atoms with Crippen LogP contribution in [0.5, 0.6) is 0 Å². The van der Waals surface area contributed by atoms with Crippen LogP contribution in [0.4, 0.5) is 11.4 Å². The molecule has 2 aliphatic carbocycles. The molecule has 2 amide bonds. The van der Waals surface area contributed by atoms with Crippen LogP contribution < -0.4 is 10.6 Å². The van der Waals surface area contributed by atoms with Gasteiger partial charge in [-0.25, -0.2) is 0 Å². The summed E-state index contributed by atoms with van der Waals surface area (Å²) in [5.74, 6) is -4.58. The molecule has 2 saturated heterocycles. The molecule has 35 heavy (non-hydrogen) atoms. The van der Waals surface area contributed by atoms with Crippen molar-refractivity contribution in [2.24, 2.45) is 35.5 Å². The van der Waals surface area contributed by atoms with E-state index in [1.54, 1.807) is 24.3 Å². The van der Waals surface area contributed by atoms with Crippen LogP contribution in [0.25, 0.3) is 0 Å². The second-order valence-electron chi connectivity index (χ2n) is 9.82. The van der Waals surface area contributed by atoms with Gasteiger partial charge in [-0.1, -0.05) is 0 Å². The molecule has 2 aliphatic heterocycles. The molecule has 0 spiro atoms. The predicted molar refractivity (Wildman–Crippen MR) is 124 cm³/mol. The maximum absolute atomic E-state index is 12.8. The van der Waals surface area contributed by atoms with E-state index in [2.05, 4.69) is 10.6 Å². The Morgan fingerprint density at radius 3 is 1.74 bits per heavy atom. The van der Waals surface area contributed by atoms with Crippen LogP contribution in [-0.2, 0) is 38.2 Å². The molecular formula is C25H30N2O8. The van der Waals surface area contributed by atoms with Crippen molar-refractivity contribution in [3.05, 3.63) is 24.3 Å². The van der Waals surface area contributed by atoms with Gasteiger partial charge in [-0.05, 0) is 62.8 Å². The molecule has 2 saturated carbocycles. The number of hydrogen-bond acceptors (Lipinski definition) is 8. The largest absolute Gasteiger partial charge is 0.457 e. The summed E-state index contributed by atoms with van der Waals surface area (Å²) in [6.07, 6.45) is 2.54. The number of esters is 3. The number of ketones is 1. The number of hydrogen-bond donors (Lipinski definition) is 2. The lowest BCUT2D eigenvalue weighted by atomic mass is 9.71. The smallest absolute Gasteiger partial charge is 0.317 e. The molecule has 0 radical (unpaired) electrons. The molecule has 5 rings (SSSR count). The molecule has 6 unspecified atom stereocenters. The summed E-state index contributed by atoms with van der Waals surface area (Å²) in [6, 6.07) is 6.69. The van der Waals surface area contributed by atoms with Crippen molar-refractivity contribution in [1.82, 2.24) is 0 Å². The quantitative estimate of drug-likeness (QED) is 0.487. The lowest BCUT2D eigenvalue weighted by Gasteiger charge is -2.35. The normalized spacial score (nSPS) is 32.1. The third kappa shape index (κ3) is 4.56. The highest BCUT2D eigenvalue weighted by Crippen LogP contribution is 2.40. The van der Waals surface area contributed by atoms with Gasteiger partial charge in [-0.2, -0.15) is 0 Å². The average Bonchev–Trinajstić information content (AvgIpc) is 3.15. The van der Waals surface area contributed by atoms with Gasteiger partial charge in [0, 0.05) is 32.0 Å². The second-order valence-corrected chi connectivity index (χ2v) is 9.82. The predicted octanol–water partition coefficient (Wildman–Crippen LogP) is 2.33. The molecule has 1 aromatic carbocycles. The molecule has 10 heteroatoms. The number of ether oxygens (including phenoxy) is 2. The van der Waals surface area contributed by atoms with Crippen molar-refractivity contribution >= 4 is 46.9 Å². The van der Waals surface area contributed by atoms with E-state index in [9.17, 15) is 28.8 Å². The zero-order valence-electron chi connectivity index (χ0n) is 19.0. The maximum atomic E-state index is 12.8. The van der Waals surface area contributed by atoms with E-state index in [1.807, 2.05) is 0 Å². The van der Waals surface area contributed by atoms with Crippen LogP contribution in [0.2, 0.25) is 0 Å². The molecule has 2 N–H and O–H groups in total. The van der Waals surface area contributed by atoms with Gasteiger partial charge in [-0.3, -0.25) is 28.8 Å². The Labute approximate surface area is 204 Å².